The first-order valence-corrected chi connectivity index (χ1v) is 10.3. The first-order chi connectivity index (χ1) is 13.6. The second-order valence-electron chi connectivity index (χ2n) is 7.54. The van der Waals surface area contributed by atoms with Gasteiger partial charge in [-0.15, -0.1) is 24.0 Å². The highest BCUT2D eigenvalue weighted by Crippen LogP contribution is 2.23. The number of nitrogens with zero attached hydrogens (tertiary/aromatic N) is 5. The zero-order valence-corrected chi connectivity index (χ0v) is 20.5. The van der Waals surface area contributed by atoms with Crippen molar-refractivity contribution in [2.45, 2.75) is 40.2 Å². The number of benzene rings is 1. The minimum atomic E-state index is 0. The molecule has 0 atom stereocenters. The number of aromatic nitrogens is 2. The molecule has 6 nitrogen and oxygen atoms in total. The molecular formula is C22H35IN6. The number of nitrogens with one attached hydrogen (secondary N) is 1. The Morgan fingerprint density at radius 1 is 1.10 bits per heavy atom. The van der Waals surface area contributed by atoms with Crippen LogP contribution in [-0.4, -0.2) is 60.2 Å². The normalized spacial score (nSPS) is 14.7. The summed E-state index contributed by atoms with van der Waals surface area (Å²) in [5.74, 6) is 2.12. The van der Waals surface area contributed by atoms with Crippen LogP contribution in [0.5, 0.6) is 0 Å². The van der Waals surface area contributed by atoms with Gasteiger partial charge in [0.1, 0.15) is 5.82 Å². The SMILES string of the molecule is CN=C(NCCCCn1ccnc1C)N1CCN(c2cccc(C)c2C)CC1.I. The fourth-order valence-electron chi connectivity index (χ4n) is 3.82. The molecule has 1 fully saturated rings. The standard InChI is InChI=1S/C22H34N6.HI/c1-18-8-7-9-21(19(18)2)27-14-16-28(17-15-27)22(23-4)25-10-5-6-12-26-13-11-24-20(26)3;/h7-9,11,13H,5-6,10,12,14-17H2,1-4H3,(H,23,25);1H. The van der Waals surface area contributed by atoms with E-state index in [9.17, 15) is 0 Å². The molecule has 160 valence electrons. The van der Waals surface area contributed by atoms with Crippen LogP contribution in [0.1, 0.15) is 29.8 Å². The van der Waals surface area contributed by atoms with Crippen molar-refractivity contribution < 1.29 is 0 Å². The Morgan fingerprint density at radius 3 is 2.52 bits per heavy atom. The quantitative estimate of drug-likeness (QED) is 0.279. The largest absolute Gasteiger partial charge is 0.368 e. The molecule has 7 heteroatoms. The van der Waals surface area contributed by atoms with E-state index < -0.39 is 0 Å². The molecular weight excluding hydrogens is 475 g/mol. The number of halogens is 1. The van der Waals surface area contributed by atoms with E-state index in [1.54, 1.807) is 0 Å². The molecule has 0 amide bonds. The molecule has 0 saturated carbocycles. The molecule has 0 bridgehead atoms. The summed E-state index contributed by atoms with van der Waals surface area (Å²) in [5, 5.41) is 3.54. The van der Waals surface area contributed by atoms with Crippen LogP contribution in [0, 0.1) is 20.8 Å². The van der Waals surface area contributed by atoms with Gasteiger partial charge in [0.15, 0.2) is 5.96 Å². The Hall–Kier alpha value is -1.77. The number of imidazole rings is 1. The highest BCUT2D eigenvalue weighted by atomic mass is 127. The summed E-state index contributed by atoms with van der Waals surface area (Å²) >= 11 is 0. The number of aryl methyl sites for hydroxylation is 3. The molecule has 2 aromatic rings. The van der Waals surface area contributed by atoms with Crippen LogP contribution in [0.3, 0.4) is 0 Å². The third-order valence-electron chi connectivity index (χ3n) is 5.74. The maximum atomic E-state index is 4.50. The maximum absolute atomic E-state index is 4.50. The minimum absolute atomic E-state index is 0. The number of unbranched alkanes of at least 4 members (excludes halogenated alkanes) is 1. The van der Waals surface area contributed by atoms with Gasteiger partial charge in [-0.3, -0.25) is 4.99 Å². The lowest BCUT2D eigenvalue weighted by molar-refractivity contribution is 0.372. The average Bonchev–Trinajstić information content (AvgIpc) is 3.12. The highest BCUT2D eigenvalue weighted by molar-refractivity contribution is 14.0. The lowest BCUT2D eigenvalue weighted by atomic mass is 10.1. The van der Waals surface area contributed by atoms with E-state index in [1.165, 1.54) is 16.8 Å². The summed E-state index contributed by atoms with van der Waals surface area (Å²) in [6.07, 6.45) is 6.19. The van der Waals surface area contributed by atoms with E-state index in [-0.39, 0.29) is 24.0 Å². The summed E-state index contributed by atoms with van der Waals surface area (Å²) in [7, 11) is 1.88. The van der Waals surface area contributed by atoms with Crippen LogP contribution in [0.4, 0.5) is 5.69 Å². The van der Waals surface area contributed by atoms with Crippen LogP contribution in [-0.2, 0) is 6.54 Å². The second-order valence-corrected chi connectivity index (χ2v) is 7.54. The minimum Gasteiger partial charge on any atom is -0.368 e. The maximum Gasteiger partial charge on any atom is 0.193 e. The lowest BCUT2D eigenvalue weighted by Gasteiger charge is -2.38. The molecule has 1 N–H and O–H groups in total. The van der Waals surface area contributed by atoms with Crippen molar-refractivity contribution in [3.63, 3.8) is 0 Å². The first-order valence-electron chi connectivity index (χ1n) is 10.3. The number of rotatable bonds is 6. The predicted molar refractivity (Wildman–Crippen MR) is 133 cm³/mol. The van der Waals surface area contributed by atoms with Gasteiger partial charge in [0, 0.05) is 64.4 Å². The highest BCUT2D eigenvalue weighted by Gasteiger charge is 2.20. The van der Waals surface area contributed by atoms with E-state index in [0.29, 0.717) is 0 Å². The number of piperazine rings is 1. The van der Waals surface area contributed by atoms with E-state index in [0.717, 1.165) is 63.9 Å². The van der Waals surface area contributed by atoms with E-state index in [4.69, 9.17) is 0 Å². The van der Waals surface area contributed by atoms with Crippen molar-refractivity contribution in [2.24, 2.45) is 4.99 Å². The molecule has 29 heavy (non-hydrogen) atoms. The van der Waals surface area contributed by atoms with E-state index >= 15 is 0 Å². The van der Waals surface area contributed by atoms with Crippen LogP contribution in [0.25, 0.3) is 0 Å². The molecule has 1 aromatic heterocycles. The Labute approximate surface area is 192 Å². The van der Waals surface area contributed by atoms with Crippen LogP contribution in [0.2, 0.25) is 0 Å². The molecule has 1 aromatic carbocycles. The Kier molecular flexibility index (Phi) is 9.26. The molecule has 3 rings (SSSR count). The monoisotopic (exact) mass is 510 g/mol. The summed E-state index contributed by atoms with van der Waals surface area (Å²) in [5.41, 5.74) is 4.13. The predicted octanol–water partition coefficient (Wildman–Crippen LogP) is 3.60. The van der Waals surface area contributed by atoms with Gasteiger partial charge in [0.25, 0.3) is 0 Å². The average molecular weight is 510 g/mol. The van der Waals surface area contributed by atoms with Crippen molar-refractivity contribution in [1.82, 2.24) is 19.8 Å². The number of guanidine groups is 1. The molecule has 0 aliphatic carbocycles. The first kappa shape index (κ1) is 23.5. The van der Waals surface area contributed by atoms with Crippen molar-refractivity contribution >= 4 is 35.6 Å². The summed E-state index contributed by atoms with van der Waals surface area (Å²) < 4.78 is 2.21. The van der Waals surface area contributed by atoms with Gasteiger partial charge in [-0.25, -0.2) is 4.98 Å². The van der Waals surface area contributed by atoms with Gasteiger partial charge < -0.3 is 19.7 Å². The van der Waals surface area contributed by atoms with Gasteiger partial charge in [0.2, 0.25) is 0 Å². The lowest BCUT2D eigenvalue weighted by Crippen LogP contribution is -2.52. The number of hydrogen-bond acceptors (Lipinski definition) is 3. The molecule has 1 aliphatic rings. The van der Waals surface area contributed by atoms with Gasteiger partial charge >= 0.3 is 0 Å². The summed E-state index contributed by atoms with van der Waals surface area (Å²) in [6.45, 7) is 12.5. The molecule has 2 heterocycles. The fourth-order valence-corrected chi connectivity index (χ4v) is 3.82. The van der Waals surface area contributed by atoms with Gasteiger partial charge in [-0.05, 0) is 50.8 Å². The molecule has 1 saturated heterocycles. The Bertz CT molecular complexity index is 792. The fraction of sp³-hybridized carbons (Fsp3) is 0.545. The van der Waals surface area contributed by atoms with E-state index in [2.05, 4.69) is 74.8 Å². The molecule has 0 radical (unpaired) electrons. The number of hydrogen-bond donors (Lipinski definition) is 1. The molecule has 0 spiro atoms. The van der Waals surface area contributed by atoms with Gasteiger partial charge in [-0.1, -0.05) is 12.1 Å². The number of anilines is 1. The third kappa shape index (κ3) is 6.10. The molecule has 1 aliphatic heterocycles. The smallest absolute Gasteiger partial charge is 0.193 e. The van der Waals surface area contributed by atoms with Crippen molar-refractivity contribution in [3.05, 3.63) is 47.5 Å². The number of aliphatic imine (C=N–C) groups is 1. The van der Waals surface area contributed by atoms with E-state index in [1.807, 2.05) is 13.2 Å². The third-order valence-corrected chi connectivity index (χ3v) is 5.74. The Morgan fingerprint density at radius 2 is 1.86 bits per heavy atom. The summed E-state index contributed by atoms with van der Waals surface area (Å²) in [6, 6.07) is 6.60. The zero-order valence-electron chi connectivity index (χ0n) is 18.2. The van der Waals surface area contributed by atoms with Gasteiger partial charge in [0.05, 0.1) is 0 Å². The second kappa shape index (κ2) is 11.4. The van der Waals surface area contributed by atoms with Crippen LogP contribution < -0.4 is 10.2 Å². The topological polar surface area (TPSA) is 48.7 Å². The van der Waals surface area contributed by atoms with Crippen LogP contribution >= 0.6 is 24.0 Å². The zero-order chi connectivity index (χ0) is 19.9. The van der Waals surface area contributed by atoms with Crippen LogP contribution in [0.15, 0.2) is 35.6 Å². The Balaban J connectivity index is 0.00000300. The van der Waals surface area contributed by atoms with Gasteiger partial charge in [-0.2, -0.15) is 0 Å². The van der Waals surface area contributed by atoms with Crippen molar-refractivity contribution in [2.75, 3.05) is 44.7 Å². The van der Waals surface area contributed by atoms with Crippen molar-refractivity contribution in [1.29, 1.82) is 0 Å². The molecule has 0 unspecified atom stereocenters. The summed E-state index contributed by atoms with van der Waals surface area (Å²) in [4.78, 5) is 13.7. The van der Waals surface area contributed by atoms with Crippen molar-refractivity contribution in [3.8, 4) is 0 Å².